The smallest absolute Gasteiger partial charge is 0.258 e. The fourth-order valence-electron chi connectivity index (χ4n) is 3.86. The van der Waals surface area contributed by atoms with Crippen LogP contribution in [-0.4, -0.2) is 34.4 Å². The number of carbonyl (C=O) groups is 1. The highest BCUT2D eigenvalue weighted by Gasteiger charge is 2.29. The van der Waals surface area contributed by atoms with Crippen molar-refractivity contribution in [3.63, 3.8) is 0 Å². The number of H-pyrrole nitrogens is 1. The molecule has 0 radical (unpaired) electrons. The van der Waals surface area contributed by atoms with Gasteiger partial charge in [0.1, 0.15) is 11.6 Å². The Morgan fingerprint density at radius 3 is 2.79 bits per heavy atom. The minimum atomic E-state index is -0.162. The molecule has 6 heteroatoms. The van der Waals surface area contributed by atoms with Gasteiger partial charge < -0.3 is 14.6 Å². The van der Waals surface area contributed by atoms with Gasteiger partial charge in [-0.15, -0.1) is 0 Å². The summed E-state index contributed by atoms with van der Waals surface area (Å²) >= 11 is 0. The van der Waals surface area contributed by atoms with Crippen molar-refractivity contribution in [2.24, 2.45) is 0 Å². The van der Waals surface area contributed by atoms with Crippen molar-refractivity contribution in [3.05, 3.63) is 70.3 Å². The molecule has 1 N–H and O–H groups in total. The monoisotopic (exact) mass is 377 g/mol. The largest absolute Gasteiger partial charge is 0.497 e. The number of para-hydroxylation sites is 1. The number of nitrogens with zero attached hydrogens (tertiary/aromatic N) is 2. The number of aromatic amines is 1. The van der Waals surface area contributed by atoms with E-state index >= 15 is 0 Å². The van der Waals surface area contributed by atoms with Crippen LogP contribution < -0.4 is 10.3 Å². The maximum Gasteiger partial charge on any atom is 0.258 e. The van der Waals surface area contributed by atoms with Gasteiger partial charge in [-0.2, -0.15) is 0 Å². The third-order valence-electron chi connectivity index (χ3n) is 5.31. The van der Waals surface area contributed by atoms with Crippen LogP contribution >= 0.6 is 0 Å². The van der Waals surface area contributed by atoms with Crippen LogP contribution in [0.2, 0.25) is 0 Å². The molecule has 0 spiro atoms. The quantitative estimate of drug-likeness (QED) is 0.741. The first kappa shape index (κ1) is 18.2. The zero-order valence-electron chi connectivity index (χ0n) is 15.9. The van der Waals surface area contributed by atoms with Crippen molar-refractivity contribution in [2.45, 2.75) is 31.7 Å². The van der Waals surface area contributed by atoms with Crippen LogP contribution in [0.4, 0.5) is 0 Å². The van der Waals surface area contributed by atoms with Gasteiger partial charge in [-0.25, -0.2) is 4.98 Å². The molecule has 3 aromatic rings. The minimum absolute atomic E-state index is 0.0918. The SMILES string of the molecule is COc1ccc([C@H]2CCCN2C(=O)CCc2nc3ccccc3c(=O)[nH]2)cc1. The van der Waals surface area contributed by atoms with Crippen molar-refractivity contribution in [1.29, 1.82) is 0 Å². The highest BCUT2D eigenvalue weighted by Crippen LogP contribution is 2.33. The molecule has 1 saturated heterocycles. The summed E-state index contributed by atoms with van der Waals surface area (Å²) in [6, 6.07) is 15.2. The maximum absolute atomic E-state index is 12.9. The molecule has 0 aliphatic carbocycles. The molecule has 4 rings (SSSR count). The second-order valence-electron chi connectivity index (χ2n) is 7.05. The maximum atomic E-state index is 12.9. The normalized spacial score (nSPS) is 16.5. The third kappa shape index (κ3) is 3.63. The van der Waals surface area contributed by atoms with Crippen LogP contribution in [0.1, 0.15) is 36.7 Å². The number of methoxy groups -OCH3 is 1. The lowest BCUT2D eigenvalue weighted by atomic mass is 10.0. The Morgan fingerprint density at radius 2 is 2.00 bits per heavy atom. The fourth-order valence-corrected chi connectivity index (χ4v) is 3.86. The number of carbonyl (C=O) groups excluding carboxylic acids is 1. The van der Waals surface area contributed by atoms with Crippen LogP contribution in [0.25, 0.3) is 10.9 Å². The lowest BCUT2D eigenvalue weighted by Crippen LogP contribution is -2.31. The first-order valence-corrected chi connectivity index (χ1v) is 9.57. The Kier molecular flexibility index (Phi) is 5.10. The van der Waals surface area contributed by atoms with Gasteiger partial charge in [0.2, 0.25) is 5.91 Å². The Labute approximate surface area is 163 Å². The molecule has 28 heavy (non-hydrogen) atoms. The van der Waals surface area contributed by atoms with E-state index in [1.807, 2.05) is 47.4 Å². The van der Waals surface area contributed by atoms with E-state index < -0.39 is 0 Å². The Balaban J connectivity index is 1.46. The number of likely N-dealkylation sites (tertiary alicyclic amines) is 1. The number of amides is 1. The third-order valence-corrected chi connectivity index (χ3v) is 5.31. The van der Waals surface area contributed by atoms with Crippen LogP contribution in [0.5, 0.6) is 5.75 Å². The second-order valence-corrected chi connectivity index (χ2v) is 7.05. The Morgan fingerprint density at radius 1 is 1.21 bits per heavy atom. The average Bonchev–Trinajstić information content (AvgIpc) is 3.22. The standard InChI is InChI=1S/C22H23N3O3/c1-28-16-10-8-15(9-11-16)19-7-4-14-25(19)21(26)13-12-20-23-18-6-3-2-5-17(18)22(27)24-20/h2-3,5-6,8-11,19H,4,7,12-14H2,1H3,(H,23,24,27)/t19-/m1/s1. The van der Waals surface area contributed by atoms with E-state index in [0.29, 0.717) is 29.6 Å². The number of hydrogen-bond acceptors (Lipinski definition) is 4. The van der Waals surface area contributed by atoms with Crippen molar-refractivity contribution < 1.29 is 9.53 Å². The number of aromatic nitrogens is 2. The highest BCUT2D eigenvalue weighted by atomic mass is 16.5. The molecular formula is C22H23N3O3. The first-order chi connectivity index (χ1) is 13.7. The fraction of sp³-hybridized carbons (Fsp3) is 0.318. The minimum Gasteiger partial charge on any atom is -0.497 e. The predicted octanol–water partition coefficient (Wildman–Crippen LogP) is 3.23. The Hall–Kier alpha value is -3.15. The molecular weight excluding hydrogens is 354 g/mol. The summed E-state index contributed by atoms with van der Waals surface area (Å²) in [5.41, 5.74) is 1.63. The van der Waals surface area contributed by atoms with Crippen molar-refractivity contribution >= 4 is 16.8 Å². The van der Waals surface area contributed by atoms with Gasteiger partial charge in [-0.3, -0.25) is 9.59 Å². The lowest BCUT2D eigenvalue weighted by Gasteiger charge is -2.25. The van der Waals surface area contributed by atoms with Gasteiger partial charge in [0.05, 0.1) is 24.1 Å². The van der Waals surface area contributed by atoms with Crippen molar-refractivity contribution in [2.75, 3.05) is 13.7 Å². The van der Waals surface area contributed by atoms with E-state index in [1.165, 1.54) is 0 Å². The number of ether oxygens (including phenoxy) is 1. The molecule has 0 unspecified atom stereocenters. The van der Waals surface area contributed by atoms with Crippen molar-refractivity contribution in [1.82, 2.24) is 14.9 Å². The van der Waals surface area contributed by atoms with Gasteiger partial charge in [0.25, 0.3) is 5.56 Å². The number of nitrogens with one attached hydrogen (secondary N) is 1. The van der Waals surface area contributed by atoms with Gasteiger partial charge >= 0.3 is 0 Å². The summed E-state index contributed by atoms with van der Waals surface area (Å²) in [6.07, 6.45) is 2.70. The average molecular weight is 377 g/mol. The van der Waals surface area contributed by atoms with E-state index in [1.54, 1.807) is 13.2 Å². The Bertz CT molecular complexity index is 1040. The molecule has 2 heterocycles. The zero-order chi connectivity index (χ0) is 19.5. The van der Waals surface area contributed by atoms with Gasteiger partial charge in [0.15, 0.2) is 0 Å². The summed E-state index contributed by atoms with van der Waals surface area (Å²) in [7, 11) is 1.64. The number of rotatable bonds is 5. The lowest BCUT2D eigenvalue weighted by molar-refractivity contribution is -0.132. The molecule has 1 aliphatic heterocycles. The van der Waals surface area contributed by atoms with E-state index in [2.05, 4.69) is 9.97 Å². The zero-order valence-corrected chi connectivity index (χ0v) is 15.9. The highest BCUT2D eigenvalue weighted by molar-refractivity contribution is 5.78. The molecule has 1 fully saturated rings. The van der Waals surface area contributed by atoms with Crippen LogP contribution in [0.15, 0.2) is 53.3 Å². The summed E-state index contributed by atoms with van der Waals surface area (Å²) in [5, 5.41) is 0.566. The van der Waals surface area contributed by atoms with E-state index in [4.69, 9.17) is 4.74 Å². The topological polar surface area (TPSA) is 75.3 Å². The van der Waals surface area contributed by atoms with Crippen LogP contribution in [0, 0.1) is 0 Å². The second kappa shape index (κ2) is 7.84. The van der Waals surface area contributed by atoms with E-state index in [0.717, 1.165) is 30.7 Å². The molecule has 1 aromatic heterocycles. The van der Waals surface area contributed by atoms with E-state index in [-0.39, 0.29) is 17.5 Å². The molecule has 2 aromatic carbocycles. The predicted molar refractivity (Wildman–Crippen MR) is 107 cm³/mol. The summed E-state index contributed by atoms with van der Waals surface area (Å²) in [6.45, 7) is 0.761. The summed E-state index contributed by atoms with van der Waals surface area (Å²) in [4.78, 5) is 34.3. The molecule has 0 bridgehead atoms. The van der Waals surface area contributed by atoms with Crippen molar-refractivity contribution in [3.8, 4) is 5.75 Å². The first-order valence-electron chi connectivity index (χ1n) is 9.57. The number of benzene rings is 2. The molecule has 144 valence electrons. The number of aryl methyl sites for hydroxylation is 1. The molecule has 1 aliphatic rings. The van der Waals surface area contributed by atoms with Crippen LogP contribution in [0.3, 0.4) is 0 Å². The molecule has 1 atom stereocenters. The van der Waals surface area contributed by atoms with E-state index in [9.17, 15) is 9.59 Å². The summed E-state index contributed by atoms with van der Waals surface area (Å²) < 4.78 is 5.22. The number of fused-ring (bicyclic) bond motifs is 1. The summed E-state index contributed by atoms with van der Waals surface area (Å²) in [5.74, 6) is 1.46. The number of hydrogen-bond donors (Lipinski definition) is 1. The van der Waals surface area contributed by atoms with Crippen LogP contribution in [-0.2, 0) is 11.2 Å². The molecule has 6 nitrogen and oxygen atoms in total. The molecule has 0 saturated carbocycles. The van der Waals surface area contributed by atoms with Gasteiger partial charge in [0, 0.05) is 19.4 Å². The van der Waals surface area contributed by atoms with Gasteiger partial charge in [-0.05, 0) is 42.7 Å². The molecule has 1 amide bonds. The van der Waals surface area contributed by atoms with Gasteiger partial charge in [-0.1, -0.05) is 24.3 Å².